The van der Waals surface area contributed by atoms with Crippen molar-refractivity contribution >= 4 is 15.8 Å². The molecule has 0 saturated heterocycles. The zero-order chi connectivity index (χ0) is 10.8. The predicted molar refractivity (Wildman–Crippen MR) is 54.1 cm³/mol. The highest BCUT2D eigenvalue weighted by molar-refractivity contribution is 7.89. The number of hydrogen-bond acceptors (Lipinski definition) is 4. The lowest BCUT2D eigenvalue weighted by Crippen LogP contribution is -2.30. The van der Waals surface area contributed by atoms with Gasteiger partial charge in [0.15, 0.2) is 0 Å². The van der Waals surface area contributed by atoms with Crippen molar-refractivity contribution < 1.29 is 8.42 Å². The number of nitrogens with zero attached hydrogens (tertiary/aromatic N) is 1. The molecule has 6 heteroatoms. The van der Waals surface area contributed by atoms with E-state index in [0.717, 1.165) is 0 Å². The van der Waals surface area contributed by atoms with Crippen LogP contribution in [0.5, 0.6) is 0 Å². The van der Waals surface area contributed by atoms with E-state index in [1.165, 1.54) is 18.3 Å². The maximum atomic E-state index is 11.6. The van der Waals surface area contributed by atoms with Gasteiger partial charge in [0, 0.05) is 12.2 Å². The minimum Gasteiger partial charge on any atom is -0.383 e. The Labute approximate surface area is 83.4 Å². The molecule has 0 aromatic carbocycles. The van der Waals surface area contributed by atoms with Gasteiger partial charge < -0.3 is 5.73 Å². The number of nitrogens with two attached hydrogens (primary N) is 1. The summed E-state index contributed by atoms with van der Waals surface area (Å²) in [7, 11) is -3.53. The fourth-order valence-electron chi connectivity index (χ4n) is 1.00. The molecule has 0 amide bonds. The van der Waals surface area contributed by atoms with Gasteiger partial charge in [-0.2, -0.15) is 0 Å². The molecule has 0 radical (unpaired) electrons. The van der Waals surface area contributed by atoms with Gasteiger partial charge in [0.25, 0.3) is 0 Å². The van der Waals surface area contributed by atoms with Gasteiger partial charge in [0.1, 0.15) is 10.7 Å². The molecule has 1 aromatic rings. The molecule has 0 bridgehead atoms. The van der Waals surface area contributed by atoms with E-state index in [1.54, 1.807) is 13.8 Å². The molecule has 1 rings (SSSR count). The maximum Gasteiger partial charge on any atom is 0.244 e. The van der Waals surface area contributed by atoms with Crippen LogP contribution in [0.1, 0.15) is 13.8 Å². The second kappa shape index (κ2) is 3.93. The number of nitrogens with one attached hydrogen (secondary N) is 1. The number of pyridine rings is 1. The van der Waals surface area contributed by atoms with Crippen molar-refractivity contribution in [3.05, 3.63) is 18.3 Å². The van der Waals surface area contributed by atoms with E-state index in [4.69, 9.17) is 5.73 Å². The Kier molecular flexibility index (Phi) is 3.07. The third-order valence-corrected chi connectivity index (χ3v) is 3.19. The Bertz CT molecular complexity index is 414. The van der Waals surface area contributed by atoms with E-state index in [9.17, 15) is 8.42 Å². The first-order chi connectivity index (χ1) is 6.43. The minimum atomic E-state index is -3.53. The number of hydrogen-bond donors (Lipinski definition) is 2. The second-order valence-electron chi connectivity index (χ2n) is 3.16. The largest absolute Gasteiger partial charge is 0.383 e. The molecule has 14 heavy (non-hydrogen) atoms. The van der Waals surface area contributed by atoms with Crippen LogP contribution in [0.2, 0.25) is 0 Å². The van der Waals surface area contributed by atoms with Crippen molar-refractivity contribution in [3.63, 3.8) is 0 Å². The Morgan fingerprint density at radius 2 is 2.14 bits per heavy atom. The topological polar surface area (TPSA) is 85.1 Å². The first kappa shape index (κ1) is 10.9. The third-order valence-electron chi connectivity index (χ3n) is 1.48. The molecule has 1 aromatic heterocycles. The number of rotatable bonds is 3. The molecule has 0 aliphatic heterocycles. The van der Waals surface area contributed by atoms with Gasteiger partial charge in [-0.05, 0) is 26.0 Å². The summed E-state index contributed by atoms with van der Waals surface area (Å²) < 4.78 is 25.7. The summed E-state index contributed by atoms with van der Waals surface area (Å²) in [6.45, 7) is 3.48. The summed E-state index contributed by atoms with van der Waals surface area (Å²) in [5, 5.41) is 0. The van der Waals surface area contributed by atoms with Crippen LogP contribution in [0.4, 0.5) is 5.82 Å². The first-order valence-electron chi connectivity index (χ1n) is 4.16. The van der Waals surface area contributed by atoms with Crippen LogP contribution in [0.15, 0.2) is 23.2 Å². The van der Waals surface area contributed by atoms with E-state index in [0.29, 0.717) is 0 Å². The second-order valence-corrected chi connectivity index (χ2v) is 4.85. The maximum absolute atomic E-state index is 11.6. The number of nitrogen functional groups attached to an aromatic ring is 1. The average Bonchev–Trinajstić information content (AvgIpc) is 2.02. The molecule has 0 atom stereocenters. The normalized spacial score (nSPS) is 11.9. The summed E-state index contributed by atoms with van der Waals surface area (Å²) in [6.07, 6.45) is 1.45. The van der Waals surface area contributed by atoms with Crippen molar-refractivity contribution in [2.45, 2.75) is 24.8 Å². The monoisotopic (exact) mass is 215 g/mol. The highest BCUT2D eigenvalue weighted by Gasteiger charge is 2.18. The molecule has 0 spiro atoms. The van der Waals surface area contributed by atoms with Gasteiger partial charge in [-0.3, -0.25) is 0 Å². The summed E-state index contributed by atoms with van der Waals surface area (Å²) in [6, 6.07) is 2.79. The molecule has 0 unspecified atom stereocenters. The molecule has 0 aliphatic rings. The van der Waals surface area contributed by atoms with Gasteiger partial charge >= 0.3 is 0 Å². The Morgan fingerprint density at radius 1 is 1.50 bits per heavy atom. The van der Waals surface area contributed by atoms with Crippen LogP contribution in [0.25, 0.3) is 0 Å². The highest BCUT2D eigenvalue weighted by atomic mass is 32.2. The zero-order valence-electron chi connectivity index (χ0n) is 8.06. The fourth-order valence-corrected chi connectivity index (χ4v) is 2.34. The molecule has 0 aliphatic carbocycles. The molecule has 5 nitrogen and oxygen atoms in total. The number of sulfonamides is 1. The van der Waals surface area contributed by atoms with Crippen LogP contribution < -0.4 is 10.5 Å². The SMILES string of the molecule is CC(C)NS(=O)(=O)c1cccnc1N. The van der Waals surface area contributed by atoms with Crippen molar-refractivity contribution in [1.29, 1.82) is 0 Å². The molecule has 0 fully saturated rings. The lowest BCUT2D eigenvalue weighted by atomic mass is 10.4. The van der Waals surface area contributed by atoms with Crippen LogP contribution in [0, 0.1) is 0 Å². The number of anilines is 1. The molecule has 78 valence electrons. The van der Waals surface area contributed by atoms with E-state index in [-0.39, 0.29) is 16.8 Å². The van der Waals surface area contributed by atoms with Gasteiger partial charge in [-0.1, -0.05) is 0 Å². The van der Waals surface area contributed by atoms with E-state index in [2.05, 4.69) is 9.71 Å². The standard InChI is InChI=1S/C8H13N3O2S/c1-6(2)11-14(12,13)7-4-3-5-10-8(7)9/h3-6,11H,1-2H3,(H2,9,10). The summed E-state index contributed by atoms with van der Waals surface area (Å²) in [5.41, 5.74) is 5.45. The van der Waals surface area contributed by atoms with Crippen LogP contribution in [0.3, 0.4) is 0 Å². The van der Waals surface area contributed by atoms with E-state index >= 15 is 0 Å². The molecule has 0 saturated carbocycles. The lowest BCUT2D eigenvalue weighted by molar-refractivity contribution is 0.570. The summed E-state index contributed by atoms with van der Waals surface area (Å²) >= 11 is 0. The Balaban J connectivity index is 3.11. The van der Waals surface area contributed by atoms with E-state index in [1.807, 2.05) is 0 Å². The van der Waals surface area contributed by atoms with Crippen molar-refractivity contribution in [2.75, 3.05) is 5.73 Å². The Morgan fingerprint density at radius 3 is 2.64 bits per heavy atom. The summed E-state index contributed by atoms with van der Waals surface area (Å²) in [4.78, 5) is 3.73. The smallest absolute Gasteiger partial charge is 0.244 e. The fraction of sp³-hybridized carbons (Fsp3) is 0.375. The van der Waals surface area contributed by atoms with Gasteiger partial charge in [0.2, 0.25) is 10.0 Å². The molecule has 1 heterocycles. The highest BCUT2D eigenvalue weighted by Crippen LogP contribution is 2.14. The van der Waals surface area contributed by atoms with Crippen LogP contribution >= 0.6 is 0 Å². The third kappa shape index (κ3) is 2.43. The van der Waals surface area contributed by atoms with Gasteiger partial charge in [-0.25, -0.2) is 18.1 Å². The molecular formula is C8H13N3O2S. The minimum absolute atomic E-state index is 0.0145. The van der Waals surface area contributed by atoms with Gasteiger partial charge in [0.05, 0.1) is 0 Å². The van der Waals surface area contributed by atoms with Crippen molar-refractivity contribution in [1.82, 2.24) is 9.71 Å². The van der Waals surface area contributed by atoms with Gasteiger partial charge in [-0.15, -0.1) is 0 Å². The predicted octanol–water partition coefficient (Wildman–Crippen LogP) is 0.351. The van der Waals surface area contributed by atoms with E-state index < -0.39 is 10.0 Å². The summed E-state index contributed by atoms with van der Waals surface area (Å²) in [5.74, 6) is 0.0145. The van der Waals surface area contributed by atoms with Crippen molar-refractivity contribution in [2.24, 2.45) is 0 Å². The average molecular weight is 215 g/mol. The lowest BCUT2D eigenvalue weighted by Gasteiger charge is -2.10. The first-order valence-corrected chi connectivity index (χ1v) is 5.64. The van der Waals surface area contributed by atoms with Crippen LogP contribution in [-0.2, 0) is 10.0 Å². The molecule has 3 N–H and O–H groups in total. The molecular weight excluding hydrogens is 202 g/mol. The van der Waals surface area contributed by atoms with Crippen molar-refractivity contribution in [3.8, 4) is 0 Å². The zero-order valence-corrected chi connectivity index (χ0v) is 8.88. The quantitative estimate of drug-likeness (QED) is 0.762. The Hall–Kier alpha value is -1.14. The van der Waals surface area contributed by atoms with Crippen LogP contribution in [-0.4, -0.2) is 19.4 Å². The number of aromatic nitrogens is 1.